The molecule has 0 aliphatic heterocycles. The molecular formula is C25H23N3. The Kier molecular flexibility index (Phi) is 4.74. The summed E-state index contributed by atoms with van der Waals surface area (Å²) in [5.41, 5.74) is 10.1. The summed E-state index contributed by atoms with van der Waals surface area (Å²) in [6.45, 7) is 8.48. The normalized spacial score (nSPS) is 10.9. The smallest absolute Gasteiger partial charge is 0.159 e. The van der Waals surface area contributed by atoms with Gasteiger partial charge in [-0.15, -0.1) is 0 Å². The first kappa shape index (κ1) is 18.1. The van der Waals surface area contributed by atoms with Crippen LogP contribution >= 0.6 is 0 Å². The van der Waals surface area contributed by atoms with Gasteiger partial charge in [0.05, 0.1) is 11.4 Å². The third-order valence-electron chi connectivity index (χ3n) is 5.06. The molecular weight excluding hydrogens is 342 g/mol. The Bertz CT molecular complexity index is 1150. The van der Waals surface area contributed by atoms with Gasteiger partial charge in [0.25, 0.3) is 0 Å². The molecule has 28 heavy (non-hydrogen) atoms. The van der Waals surface area contributed by atoms with Crippen LogP contribution in [0.3, 0.4) is 0 Å². The van der Waals surface area contributed by atoms with E-state index >= 15 is 0 Å². The van der Waals surface area contributed by atoms with Gasteiger partial charge < -0.3 is 0 Å². The van der Waals surface area contributed by atoms with Gasteiger partial charge in [-0.3, -0.25) is 0 Å². The Morgan fingerprint density at radius 2 is 1.21 bits per heavy atom. The minimum atomic E-state index is 0.742. The van der Waals surface area contributed by atoms with Crippen LogP contribution in [0.1, 0.15) is 22.3 Å². The maximum Gasteiger partial charge on any atom is 0.159 e. The van der Waals surface area contributed by atoms with Crippen molar-refractivity contribution in [3.63, 3.8) is 0 Å². The molecule has 0 bridgehead atoms. The van der Waals surface area contributed by atoms with E-state index in [9.17, 15) is 0 Å². The average Bonchev–Trinajstić information content (AvgIpc) is 2.69. The van der Waals surface area contributed by atoms with E-state index in [2.05, 4.69) is 86.2 Å². The van der Waals surface area contributed by atoms with Crippen molar-refractivity contribution in [1.29, 1.82) is 0 Å². The van der Waals surface area contributed by atoms with Crippen LogP contribution in [0, 0.1) is 27.7 Å². The van der Waals surface area contributed by atoms with Crippen molar-refractivity contribution in [3.8, 4) is 33.9 Å². The molecule has 0 atom stereocenters. The number of rotatable bonds is 3. The number of pyridine rings is 1. The summed E-state index contributed by atoms with van der Waals surface area (Å²) in [4.78, 5) is 13.8. The maximum absolute atomic E-state index is 4.99. The second-order valence-corrected chi connectivity index (χ2v) is 7.28. The molecule has 3 heteroatoms. The van der Waals surface area contributed by atoms with Crippen LogP contribution in [0.15, 0.2) is 67.0 Å². The van der Waals surface area contributed by atoms with Gasteiger partial charge in [-0.1, -0.05) is 35.9 Å². The monoisotopic (exact) mass is 365 g/mol. The van der Waals surface area contributed by atoms with Crippen molar-refractivity contribution in [2.45, 2.75) is 27.7 Å². The van der Waals surface area contributed by atoms with E-state index in [1.54, 1.807) is 12.4 Å². The van der Waals surface area contributed by atoms with E-state index in [4.69, 9.17) is 4.98 Å². The van der Waals surface area contributed by atoms with E-state index in [1.165, 1.54) is 22.3 Å². The summed E-state index contributed by atoms with van der Waals surface area (Å²) in [6.07, 6.45) is 3.56. The Morgan fingerprint density at radius 3 is 1.93 bits per heavy atom. The molecule has 0 fully saturated rings. The highest BCUT2D eigenvalue weighted by molar-refractivity contribution is 5.75. The molecule has 0 saturated carbocycles. The molecule has 2 aromatic carbocycles. The number of hydrogen-bond acceptors (Lipinski definition) is 3. The van der Waals surface area contributed by atoms with Crippen molar-refractivity contribution in [1.82, 2.24) is 15.0 Å². The molecule has 0 N–H and O–H groups in total. The van der Waals surface area contributed by atoms with Crippen LogP contribution in [0.25, 0.3) is 33.9 Å². The van der Waals surface area contributed by atoms with Gasteiger partial charge in [0.15, 0.2) is 5.82 Å². The molecule has 2 heterocycles. The Hall–Kier alpha value is -3.33. The summed E-state index contributed by atoms with van der Waals surface area (Å²) in [5.74, 6) is 0.742. The Labute approximate surface area is 166 Å². The molecule has 3 nitrogen and oxygen atoms in total. The number of aromatic nitrogens is 3. The van der Waals surface area contributed by atoms with Crippen molar-refractivity contribution in [3.05, 3.63) is 89.2 Å². The van der Waals surface area contributed by atoms with Gasteiger partial charge in [-0.2, -0.15) is 0 Å². The zero-order valence-electron chi connectivity index (χ0n) is 16.7. The van der Waals surface area contributed by atoms with Gasteiger partial charge in [0.2, 0.25) is 0 Å². The Balaban J connectivity index is 1.84. The van der Waals surface area contributed by atoms with Crippen molar-refractivity contribution < 1.29 is 0 Å². The molecule has 4 aromatic rings. The quantitative estimate of drug-likeness (QED) is 0.440. The topological polar surface area (TPSA) is 38.7 Å². The first-order chi connectivity index (χ1) is 13.5. The lowest BCUT2D eigenvalue weighted by Gasteiger charge is -2.13. The summed E-state index contributed by atoms with van der Waals surface area (Å²) >= 11 is 0. The second-order valence-electron chi connectivity index (χ2n) is 7.28. The molecule has 4 rings (SSSR count). The van der Waals surface area contributed by atoms with Crippen LogP contribution in [-0.2, 0) is 0 Å². The third kappa shape index (κ3) is 3.44. The number of aryl methyl sites for hydroxylation is 4. The summed E-state index contributed by atoms with van der Waals surface area (Å²) in [7, 11) is 0. The molecule has 0 aliphatic rings. The van der Waals surface area contributed by atoms with Crippen LogP contribution in [0.4, 0.5) is 0 Å². The van der Waals surface area contributed by atoms with E-state index < -0.39 is 0 Å². The lowest BCUT2D eigenvalue weighted by atomic mass is 9.96. The molecule has 138 valence electrons. The first-order valence-electron chi connectivity index (χ1n) is 9.46. The largest absolute Gasteiger partial charge is 0.248 e. The SMILES string of the molecule is Cc1ccc(-c2cccc(-c3cc(-c4ncccn4)c(C)cc3C)n2)c(C)c1. The van der Waals surface area contributed by atoms with Crippen LogP contribution in [-0.4, -0.2) is 15.0 Å². The van der Waals surface area contributed by atoms with E-state index in [0.717, 1.165) is 33.9 Å². The van der Waals surface area contributed by atoms with Crippen LogP contribution in [0.2, 0.25) is 0 Å². The lowest BCUT2D eigenvalue weighted by Crippen LogP contribution is -1.96. The van der Waals surface area contributed by atoms with Gasteiger partial charge >= 0.3 is 0 Å². The number of benzene rings is 2. The summed E-state index contributed by atoms with van der Waals surface area (Å²) < 4.78 is 0. The highest BCUT2D eigenvalue weighted by Crippen LogP contribution is 2.31. The van der Waals surface area contributed by atoms with E-state index in [0.29, 0.717) is 0 Å². The highest BCUT2D eigenvalue weighted by Gasteiger charge is 2.12. The molecule has 0 saturated heterocycles. The minimum Gasteiger partial charge on any atom is -0.248 e. The zero-order chi connectivity index (χ0) is 19.7. The fourth-order valence-corrected chi connectivity index (χ4v) is 3.64. The minimum absolute atomic E-state index is 0.742. The lowest BCUT2D eigenvalue weighted by molar-refractivity contribution is 1.16. The maximum atomic E-state index is 4.99. The van der Waals surface area contributed by atoms with E-state index in [1.807, 2.05) is 6.07 Å². The van der Waals surface area contributed by atoms with Crippen LogP contribution in [0.5, 0.6) is 0 Å². The zero-order valence-corrected chi connectivity index (χ0v) is 16.7. The summed E-state index contributed by atoms with van der Waals surface area (Å²) in [6, 6.07) is 18.9. The molecule has 0 spiro atoms. The van der Waals surface area contributed by atoms with E-state index in [-0.39, 0.29) is 0 Å². The number of hydrogen-bond donors (Lipinski definition) is 0. The fraction of sp³-hybridized carbons (Fsp3) is 0.160. The molecule has 0 amide bonds. The summed E-state index contributed by atoms with van der Waals surface area (Å²) in [5, 5.41) is 0. The van der Waals surface area contributed by atoms with Crippen molar-refractivity contribution in [2.75, 3.05) is 0 Å². The molecule has 2 aromatic heterocycles. The average molecular weight is 365 g/mol. The molecule has 0 unspecified atom stereocenters. The predicted octanol–water partition coefficient (Wildman–Crippen LogP) is 6.11. The highest BCUT2D eigenvalue weighted by atomic mass is 14.9. The molecule has 0 radical (unpaired) electrons. The van der Waals surface area contributed by atoms with Gasteiger partial charge in [0, 0.05) is 29.1 Å². The van der Waals surface area contributed by atoms with Crippen molar-refractivity contribution >= 4 is 0 Å². The van der Waals surface area contributed by atoms with Crippen LogP contribution < -0.4 is 0 Å². The standard InChI is InChI=1S/C25H23N3/c1-16-9-10-20(17(2)13-16)23-7-5-8-24(28-23)21-15-22(19(4)14-18(21)3)25-26-11-6-12-27-25/h5-15H,1-4H3. The fourth-order valence-electron chi connectivity index (χ4n) is 3.64. The van der Waals surface area contributed by atoms with Gasteiger partial charge in [-0.25, -0.2) is 15.0 Å². The second kappa shape index (κ2) is 7.35. The predicted molar refractivity (Wildman–Crippen MR) is 115 cm³/mol. The van der Waals surface area contributed by atoms with Crippen molar-refractivity contribution in [2.24, 2.45) is 0 Å². The van der Waals surface area contributed by atoms with Gasteiger partial charge in [0.1, 0.15) is 0 Å². The first-order valence-corrected chi connectivity index (χ1v) is 9.46. The Morgan fingerprint density at radius 1 is 0.571 bits per heavy atom. The third-order valence-corrected chi connectivity index (χ3v) is 5.06. The molecule has 0 aliphatic carbocycles. The number of nitrogens with zero attached hydrogens (tertiary/aromatic N) is 3. The van der Waals surface area contributed by atoms with Gasteiger partial charge in [-0.05, 0) is 68.7 Å².